The van der Waals surface area contributed by atoms with Gasteiger partial charge in [0.2, 0.25) is 0 Å². The van der Waals surface area contributed by atoms with Crippen LogP contribution in [-0.2, 0) is 0 Å². The van der Waals surface area contributed by atoms with Gasteiger partial charge in [-0.1, -0.05) is 17.7 Å². The van der Waals surface area contributed by atoms with Gasteiger partial charge >= 0.3 is 0 Å². The Hall–Kier alpha value is -2.40. The van der Waals surface area contributed by atoms with Gasteiger partial charge in [-0.05, 0) is 50.5 Å². The first-order chi connectivity index (χ1) is 12.0. The van der Waals surface area contributed by atoms with Crippen molar-refractivity contribution in [2.24, 2.45) is 0 Å². The van der Waals surface area contributed by atoms with E-state index >= 15 is 0 Å². The van der Waals surface area contributed by atoms with Crippen LogP contribution in [0.25, 0.3) is 0 Å². The van der Waals surface area contributed by atoms with Crippen LogP contribution in [0.4, 0.5) is 0 Å². The smallest absolute Gasteiger partial charge is 0.254 e. The second-order valence-corrected chi connectivity index (χ2v) is 6.85. The predicted molar refractivity (Wildman–Crippen MR) is 95.7 cm³/mol. The van der Waals surface area contributed by atoms with E-state index in [1.54, 1.807) is 23.4 Å². The summed E-state index contributed by atoms with van der Waals surface area (Å²) >= 11 is 0. The SMILES string of the molecule is Cc1ccc(OC[C@@]2(O)CCCN(C(=O)c3ccncc3C)C2)cc1. The highest BCUT2D eigenvalue weighted by molar-refractivity contribution is 5.95. The van der Waals surface area contributed by atoms with Crippen molar-refractivity contribution < 1.29 is 14.6 Å². The topological polar surface area (TPSA) is 62.7 Å². The number of pyridine rings is 1. The summed E-state index contributed by atoms with van der Waals surface area (Å²) in [7, 11) is 0. The third kappa shape index (κ3) is 4.17. The number of rotatable bonds is 4. The molecule has 1 N–H and O–H groups in total. The Morgan fingerprint density at radius 1 is 1.28 bits per heavy atom. The number of aromatic nitrogens is 1. The van der Waals surface area contributed by atoms with Crippen LogP contribution in [0.1, 0.15) is 34.3 Å². The number of amides is 1. The number of hydrogen-bond acceptors (Lipinski definition) is 4. The molecule has 0 radical (unpaired) electrons. The molecule has 5 heteroatoms. The van der Waals surface area contributed by atoms with Crippen molar-refractivity contribution in [3.05, 3.63) is 59.4 Å². The molecule has 1 atom stereocenters. The van der Waals surface area contributed by atoms with Gasteiger partial charge in [-0.25, -0.2) is 0 Å². The number of ether oxygens (including phenoxy) is 1. The molecular formula is C20H24N2O3. The normalized spacial score (nSPS) is 20.4. The summed E-state index contributed by atoms with van der Waals surface area (Å²) < 4.78 is 5.76. The van der Waals surface area contributed by atoms with Gasteiger partial charge in [0.05, 0.1) is 6.54 Å². The van der Waals surface area contributed by atoms with E-state index < -0.39 is 5.60 Å². The van der Waals surface area contributed by atoms with Crippen molar-refractivity contribution in [1.82, 2.24) is 9.88 Å². The van der Waals surface area contributed by atoms with Crippen molar-refractivity contribution in [2.75, 3.05) is 19.7 Å². The Labute approximate surface area is 148 Å². The third-order valence-corrected chi connectivity index (χ3v) is 4.62. The second kappa shape index (κ2) is 7.23. The predicted octanol–water partition coefficient (Wildman–Crippen LogP) is 2.74. The summed E-state index contributed by atoms with van der Waals surface area (Å²) in [6, 6.07) is 9.47. The Kier molecular flexibility index (Phi) is 5.04. The minimum atomic E-state index is -1.03. The third-order valence-electron chi connectivity index (χ3n) is 4.62. The van der Waals surface area contributed by atoms with Crippen molar-refractivity contribution in [2.45, 2.75) is 32.3 Å². The van der Waals surface area contributed by atoms with Gasteiger partial charge in [0, 0.05) is 24.5 Å². The van der Waals surface area contributed by atoms with E-state index in [-0.39, 0.29) is 19.1 Å². The molecule has 1 aromatic carbocycles. The molecule has 132 valence electrons. The van der Waals surface area contributed by atoms with Gasteiger partial charge < -0.3 is 14.7 Å². The first kappa shape index (κ1) is 17.4. The molecule has 1 aromatic heterocycles. The molecule has 0 saturated carbocycles. The number of piperidine rings is 1. The Balaban J connectivity index is 1.66. The van der Waals surface area contributed by atoms with Crippen molar-refractivity contribution >= 4 is 5.91 Å². The van der Waals surface area contributed by atoms with E-state index in [0.29, 0.717) is 18.5 Å². The van der Waals surface area contributed by atoms with Gasteiger partial charge in [-0.2, -0.15) is 0 Å². The first-order valence-electron chi connectivity index (χ1n) is 8.59. The van der Waals surface area contributed by atoms with Crippen LogP contribution in [0, 0.1) is 13.8 Å². The number of carbonyl (C=O) groups excluding carboxylic acids is 1. The maximum Gasteiger partial charge on any atom is 0.254 e. The zero-order valence-electron chi connectivity index (χ0n) is 14.7. The molecule has 3 rings (SSSR count). The van der Waals surface area contributed by atoms with E-state index in [1.807, 2.05) is 38.1 Å². The molecule has 25 heavy (non-hydrogen) atoms. The maximum atomic E-state index is 12.8. The highest BCUT2D eigenvalue weighted by Gasteiger charge is 2.36. The van der Waals surface area contributed by atoms with Crippen LogP contribution in [-0.4, -0.2) is 46.2 Å². The number of nitrogens with zero attached hydrogens (tertiary/aromatic N) is 2. The largest absolute Gasteiger partial charge is 0.491 e. The summed E-state index contributed by atoms with van der Waals surface area (Å²) in [6.07, 6.45) is 4.68. The molecule has 0 spiro atoms. The number of hydrogen-bond donors (Lipinski definition) is 1. The Morgan fingerprint density at radius 2 is 2.04 bits per heavy atom. The number of carbonyl (C=O) groups is 1. The van der Waals surface area contributed by atoms with E-state index in [0.717, 1.165) is 23.3 Å². The molecule has 0 aliphatic carbocycles. The molecule has 1 saturated heterocycles. The number of β-amino-alcohol motifs (C(OH)–C–C–N with tert-alkyl or cyclic N) is 1. The summed E-state index contributed by atoms with van der Waals surface area (Å²) in [5, 5.41) is 10.9. The fraction of sp³-hybridized carbons (Fsp3) is 0.400. The lowest BCUT2D eigenvalue weighted by Crippen LogP contribution is -2.53. The Bertz CT molecular complexity index is 745. The van der Waals surface area contributed by atoms with Crippen LogP contribution >= 0.6 is 0 Å². The monoisotopic (exact) mass is 340 g/mol. The lowest BCUT2D eigenvalue weighted by atomic mass is 9.93. The highest BCUT2D eigenvalue weighted by Crippen LogP contribution is 2.25. The van der Waals surface area contributed by atoms with Crippen molar-refractivity contribution in [3.63, 3.8) is 0 Å². The molecule has 5 nitrogen and oxygen atoms in total. The first-order valence-corrected chi connectivity index (χ1v) is 8.59. The van der Waals surface area contributed by atoms with Crippen LogP contribution in [0.5, 0.6) is 5.75 Å². The molecule has 1 aliphatic rings. The van der Waals surface area contributed by atoms with E-state index in [2.05, 4.69) is 4.98 Å². The van der Waals surface area contributed by atoms with Crippen molar-refractivity contribution in [3.8, 4) is 5.75 Å². The quantitative estimate of drug-likeness (QED) is 0.930. The van der Waals surface area contributed by atoms with Gasteiger partial charge in [0.25, 0.3) is 5.91 Å². The highest BCUT2D eigenvalue weighted by atomic mass is 16.5. The van der Waals surface area contributed by atoms with E-state index in [4.69, 9.17) is 4.74 Å². The summed E-state index contributed by atoms with van der Waals surface area (Å²) in [6.45, 7) is 4.99. The van der Waals surface area contributed by atoms with E-state index in [9.17, 15) is 9.90 Å². The van der Waals surface area contributed by atoms with Gasteiger partial charge in [-0.3, -0.25) is 9.78 Å². The summed E-state index contributed by atoms with van der Waals surface area (Å²) in [5.41, 5.74) is 1.61. The van der Waals surface area contributed by atoms with Crippen LogP contribution in [0.3, 0.4) is 0 Å². The fourth-order valence-electron chi connectivity index (χ4n) is 3.14. The fourth-order valence-corrected chi connectivity index (χ4v) is 3.14. The lowest BCUT2D eigenvalue weighted by Gasteiger charge is -2.39. The summed E-state index contributed by atoms with van der Waals surface area (Å²) in [4.78, 5) is 18.5. The van der Waals surface area contributed by atoms with Crippen LogP contribution in [0.15, 0.2) is 42.7 Å². The molecule has 2 aromatic rings. The zero-order chi connectivity index (χ0) is 17.9. The minimum absolute atomic E-state index is 0.0617. The van der Waals surface area contributed by atoms with Gasteiger partial charge in [0.15, 0.2) is 0 Å². The molecule has 1 amide bonds. The number of aliphatic hydroxyl groups is 1. The number of likely N-dealkylation sites (tertiary alicyclic amines) is 1. The molecule has 1 fully saturated rings. The Morgan fingerprint density at radius 3 is 2.76 bits per heavy atom. The van der Waals surface area contributed by atoms with Crippen molar-refractivity contribution in [1.29, 1.82) is 0 Å². The minimum Gasteiger partial charge on any atom is -0.491 e. The molecular weight excluding hydrogens is 316 g/mol. The summed E-state index contributed by atoms with van der Waals surface area (Å²) in [5.74, 6) is 0.667. The lowest BCUT2D eigenvalue weighted by molar-refractivity contribution is -0.0532. The zero-order valence-corrected chi connectivity index (χ0v) is 14.7. The van der Waals surface area contributed by atoms with Gasteiger partial charge in [-0.15, -0.1) is 0 Å². The second-order valence-electron chi connectivity index (χ2n) is 6.85. The average Bonchev–Trinajstić information content (AvgIpc) is 2.61. The van der Waals surface area contributed by atoms with E-state index in [1.165, 1.54) is 0 Å². The molecule has 1 aliphatic heterocycles. The van der Waals surface area contributed by atoms with Crippen LogP contribution in [0.2, 0.25) is 0 Å². The average molecular weight is 340 g/mol. The van der Waals surface area contributed by atoms with Crippen LogP contribution < -0.4 is 4.74 Å². The maximum absolute atomic E-state index is 12.8. The number of aryl methyl sites for hydroxylation is 2. The number of benzene rings is 1. The molecule has 0 unspecified atom stereocenters. The standard InChI is InChI=1S/C20H24N2O3/c1-15-4-6-17(7-5-15)25-14-20(24)9-3-11-22(13-20)19(23)18-8-10-21-12-16(18)2/h4-8,10,12,24H,3,9,11,13-14H2,1-2H3/t20-/m1/s1. The van der Waals surface area contributed by atoms with Gasteiger partial charge in [0.1, 0.15) is 18.0 Å². The molecule has 2 heterocycles. The molecule has 0 bridgehead atoms.